The maximum atomic E-state index is 12.0. The van der Waals surface area contributed by atoms with Crippen LogP contribution < -0.4 is 0 Å². The summed E-state index contributed by atoms with van der Waals surface area (Å²) in [6, 6.07) is 4.81. The van der Waals surface area contributed by atoms with Gasteiger partial charge >= 0.3 is 6.16 Å². The van der Waals surface area contributed by atoms with Crippen LogP contribution in [0.25, 0.3) is 5.57 Å². The van der Waals surface area contributed by atoms with Crippen molar-refractivity contribution in [2.75, 3.05) is 0 Å². The van der Waals surface area contributed by atoms with Crippen LogP contribution in [-0.2, 0) is 14.3 Å². The van der Waals surface area contributed by atoms with E-state index in [1.807, 2.05) is 0 Å². The summed E-state index contributed by atoms with van der Waals surface area (Å²) in [6.45, 7) is 3.43. The lowest BCUT2D eigenvalue weighted by molar-refractivity contribution is -0.113. The van der Waals surface area contributed by atoms with E-state index in [0.717, 1.165) is 0 Å². The number of hydrogen-bond donors (Lipinski definition) is 0. The molecule has 0 aliphatic heterocycles. The van der Waals surface area contributed by atoms with E-state index in [4.69, 9.17) is 32.7 Å². The predicted molar refractivity (Wildman–Crippen MR) is 80.3 cm³/mol. The van der Waals surface area contributed by atoms with Crippen LogP contribution in [0.15, 0.2) is 24.0 Å². The van der Waals surface area contributed by atoms with Gasteiger partial charge in [0.15, 0.2) is 5.78 Å². The Morgan fingerprint density at radius 2 is 1.95 bits per heavy atom. The average Bonchev–Trinajstić information content (AvgIpc) is 2.70. The number of carbonyl (C=O) groups excluding carboxylic acids is 2. The molecule has 0 heterocycles. The van der Waals surface area contributed by atoms with Gasteiger partial charge in [0.25, 0.3) is 0 Å². The SMILES string of the molecule is CC(C)OC(=O)OC1=C(c2ccc(Cl)cc2Cl)C(=O)CC1. The van der Waals surface area contributed by atoms with Gasteiger partial charge in [-0.05, 0) is 26.0 Å². The molecule has 4 nitrogen and oxygen atoms in total. The Morgan fingerprint density at radius 1 is 1.24 bits per heavy atom. The maximum Gasteiger partial charge on any atom is 0.513 e. The third-order valence-electron chi connectivity index (χ3n) is 2.88. The Kier molecular flexibility index (Phi) is 4.91. The van der Waals surface area contributed by atoms with Crippen LogP contribution in [0.1, 0.15) is 32.3 Å². The monoisotopic (exact) mass is 328 g/mol. The lowest BCUT2D eigenvalue weighted by atomic mass is 10.0. The number of benzene rings is 1. The topological polar surface area (TPSA) is 52.6 Å². The van der Waals surface area contributed by atoms with E-state index < -0.39 is 6.16 Å². The first-order chi connectivity index (χ1) is 9.88. The van der Waals surface area contributed by atoms with Crippen molar-refractivity contribution in [3.8, 4) is 0 Å². The quantitative estimate of drug-likeness (QED) is 0.759. The summed E-state index contributed by atoms with van der Waals surface area (Å²) in [6.07, 6.45) is -0.492. The van der Waals surface area contributed by atoms with Gasteiger partial charge in [-0.25, -0.2) is 4.79 Å². The van der Waals surface area contributed by atoms with Crippen LogP contribution >= 0.6 is 23.2 Å². The third-order valence-corrected chi connectivity index (χ3v) is 3.42. The minimum Gasteiger partial charge on any atom is -0.431 e. The number of rotatable bonds is 3. The molecule has 112 valence electrons. The van der Waals surface area contributed by atoms with Crippen LogP contribution in [0.2, 0.25) is 10.0 Å². The molecule has 0 aromatic heterocycles. The summed E-state index contributed by atoms with van der Waals surface area (Å²) >= 11 is 12.0. The Morgan fingerprint density at radius 3 is 2.57 bits per heavy atom. The molecule has 0 fully saturated rings. The number of halogens is 2. The van der Waals surface area contributed by atoms with Gasteiger partial charge in [0.1, 0.15) is 5.76 Å². The molecule has 1 aliphatic carbocycles. The summed E-state index contributed by atoms with van der Waals surface area (Å²) < 4.78 is 10.1. The highest BCUT2D eigenvalue weighted by Crippen LogP contribution is 2.36. The Bertz CT molecular complexity index is 620. The molecule has 2 rings (SSSR count). The van der Waals surface area contributed by atoms with Gasteiger partial charge in [-0.2, -0.15) is 0 Å². The molecule has 0 atom stereocenters. The molecule has 1 aliphatic rings. The first-order valence-electron chi connectivity index (χ1n) is 6.48. The first kappa shape index (κ1) is 15.9. The fourth-order valence-corrected chi connectivity index (χ4v) is 2.55. The normalized spacial score (nSPS) is 14.8. The zero-order valence-corrected chi connectivity index (χ0v) is 13.1. The van der Waals surface area contributed by atoms with Crippen LogP contribution in [0, 0.1) is 0 Å². The molecule has 1 aromatic carbocycles. The van der Waals surface area contributed by atoms with E-state index in [1.165, 1.54) is 0 Å². The Hall–Kier alpha value is -1.52. The third kappa shape index (κ3) is 3.77. The van der Waals surface area contributed by atoms with Gasteiger partial charge in [0.2, 0.25) is 0 Å². The molecule has 6 heteroatoms. The van der Waals surface area contributed by atoms with Gasteiger partial charge in [-0.3, -0.25) is 4.79 Å². The van der Waals surface area contributed by atoms with Gasteiger partial charge < -0.3 is 9.47 Å². The molecule has 0 radical (unpaired) electrons. The van der Waals surface area contributed by atoms with Gasteiger partial charge in [-0.15, -0.1) is 0 Å². The molecule has 0 spiro atoms. The van der Waals surface area contributed by atoms with Crippen molar-refractivity contribution in [2.24, 2.45) is 0 Å². The van der Waals surface area contributed by atoms with E-state index in [2.05, 4.69) is 0 Å². The Labute approximate surface area is 132 Å². The lowest BCUT2D eigenvalue weighted by Crippen LogP contribution is -2.13. The predicted octanol–water partition coefficient (Wildman–Crippen LogP) is 4.63. The van der Waals surface area contributed by atoms with Crippen molar-refractivity contribution in [2.45, 2.75) is 32.8 Å². The number of ether oxygens (including phenoxy) is 2. The van der Waals surface area contributed by atoms with Crippen LogP contribution in [-0.4, -0.2) is 18.0 Å². The summed E-state index contributed by atoms with van der Waals surface area (Å²) in [7, 11) is 0. The average molecular weight is 329 g/mol. The molecule has 0 saturated heterocycles. The standard InChI is InChI=1S/C15H14Cl2O4/c1-8(2)20-15(19)21-13-6-5-12(18)14(13)10-4-3-9(16)7-11(10)17/h3-4,7-8H,5-6H2,1-2H3. The number of hydrogen-bond acceptors (Lipinski definition) is 4. The highest BCUT2D eigenvalue weighted by atomic mass is 35.5. The molecule has 1 aromatic rings. The summed E-state index contributed by atoms with van der Waals surface area (Å²) in [5.74, 6) is 0.168. The molecule has 0 N–H and O–H groups in total. The second-order valence-electron chi connectivity index (χ2n) is 4.86. The van der Waals surface area contributed by atoms with E-state index in [0.29, 0.717) is 27.6 Å². The first-order valence-corrected chi connectivity index (χ1v) is 7.24. The van der Waals surface area contributed by atoms with Crippen molar-refractivity contribution in [3.63, 3.8) is 0 Å². The molecule has 0 amide bonds. The summed E-state index contributed by atoms with van der Waals surface area (Å²) in [5, 5.41) is 0.808. The van der Waals surface area contributed by atoms with E-state index in [-0.39, 0.29) is 24.1 Å². The van der Waals surface area contributed by atoms with Crippen molar-refractivity contribution >= 4 is 40.7 Å². The van der Waals surface area contributed by atoms with Gasteiger partial charge in [0, 0.05) is 23.4 Å². The van der Waals surface area contributed by atoms with E-state index >= 15 is 0 Å². The van der Waals surface area contributed by atoms with Crippen LogP contribution in [0.4, 0.5) is 4.79 Å². The summed E-state index contributed by atoms with van der Waals surface area (Å²) in [5.41, 5.74) is 0.827. The van der Waals surface area contributed by atoms with Crippen LogP contribution in [0.5, 0.6) is 0 Å². The minimum atomic E-state index is -0.822. The largest absolute Gasteiger partial charge is 0.513 e. The maximum absolute atomic E-state index is 12.0. The molecule has 21 heavy (non-hydrogen) atoms. The fraction of sp³-hybridized carbons (Fsp3) is 0.333. The van der Waals surface area contributed by atoms with Crippen LogP contribution in [0.3, 0.4) is 0 Å². The fourth-order valence-electron chi connectivity index (χ4n) is 2.04. The minimum absolute atomic E-state index is 0.119. The summed E-state index contributed by atoms with van der Waals surface area (Å²) in [4.78, 5) is 23.6. The van der Waals surface area contributed by atoms with Crippen molar-refractivity contribution in [1.82, 2.24) is 0 Å². The zero-order valence-electron chi connectivity index (χ0n) is 11.6. The zero-order chi connectivity index (χ0) is 15.6. The smallest absolute Gasteiger partial charge is 0.431 e. The number of ketones is 1. The van der Waals surface area contributed by atoms with E-state index in [1.54, 1.807) is 32.0 Å². The van der Waals surface area contributed by atoms with E-state index in [9.17, 15) is 9.59 Å². The lowest BCUT2D eigenvalue weighted by Gasteiger charge is -2.11. The van der Waals surface area contributed by atoms with Gasteiger partial charge in [0.05, 0.1) is 16.7 Å². The van der Waals surface area contributed by atoms with Crippen molar-refractivity contribution in [1.29, 1.82) is 0 Å². The second kappa shape index (κ2) is 6.50. The van der Waals surface area contributed by atoms with Gasteiger partial charge in [-0.1, -0.05) is 29.3 Å². The second-order valence-corrected chi connectivity index (χ2v) is 5.71. The molecule has 0 unspecified atom stereocenters. The number of allylic oxidation sites excluding steroid dienone is 2. The van der Waals surface area contributed by atoms with Crippen molar-refractivity contribution < 1.29 is 19.1 Å². The molecular weight excluding hydrogens is 315 g/mol. The van der Waals surface area contributed by atoms with Crippen molar-refractivity contribution in [3.05, 3.63) is 39.6 Å². The molecular formula is C15H14Cl2O4. The molecule has 0 bridgehead atoms. The molecule has 0 saturated carbocycles. The highest BCUT2D eigenvalue weighted by molar-refractivity contribution is 6.38. The number of Topliss-reactive ketones (excluding diaryl/α,β-unsaturated/α-hetero) is 1. The number of carbonyl (C=O) groups is 2. The Balaban J connectivity index is 2.34. The highest BCUT2D eigenvalue weighted by Gasteiger charge is 2.29.